The van der Waals surface area contributed by atoms with Gasteiger partial charge in [-0.2, -0.15) is 5.10 Å². The zero-order valence-electron chi connectivity index (χ0n) is 13.7. The van der Waals surface area contributed by atoms with Crippen LogP contribution in [0.1, 0.15) is 50.8 Å². The summed E-state index contributed by atoms with van der Waals surface area (Å²) in [4.78, 5) is 0. The fraction of sp³-hybridized carbons (Fsp3) is 0.500. The minimum Gasteiger partial charge on any atom is -0.492 e. The van der Waals surface area contributed by atoms with Crippen LogP contribution >= 0.6 is 0 Å². The van der Waals surface area contributed by atoms with Crippen LogP contribution in [-0.4, -0.2) is 22.9 Å². The Hall–Kier alpha value is -1.97. The van der Waals surface area contributed by atoms with Gasteiger partial charge < -0.3 is 10.1 Å². The van der Waals surface area contributed by atoms with E-state index in [1.165, 1.54) is 11.3 Å². The van der Waals surface area contributed by atoms with Gasteiger partial charge in [-0.1, -0.05) is 26.0 Å². The highest BCUT2D eigenvalue weighted by Crippen LogP contribution is 2.36. The molecular weight excluding hydrogens is 274 g/mol. The Morgan fingerprint density at radius 2 is 2.00 bits per heavy atom. The van der Waals surface area contributed by atoms with Crippen LogP contribution in [0, 0.1) is 0 Å². The Kier molecular flexibility index (Phi) is 4.36. The van der Waals surface area contributed by atoms with Crippen LogP contribution in [0.5, 0.6) is 5.75 Å². The van der Waals surface area contributed by atoms with Gasteiger partial charge in [-0.3, -0.25) is 0 Å². The lowest BCUT2D eigenvalue weighted by Gasteiger charge is -2.13. The van der Waals surface area contributed by atoms with E-state index < -0.39 is 0 Å². The first kappa shape index (κ1) is 14.9. The van der Waals surface area contributed by atoms with Crippen molar-refractivity contribution in [3.05, 3.63) is 35.5 Å². The third kappa shape index (κ3) is 2.47. The molecule has 0 atom stereocenters. The summed E-state index contributed by atoms with van der Waals surface area (Å²) in [5.74, 6) is 2.57. The Morgan fingerprint density at radius 3 is 2.73 bits per heavy atom. The largest absolute Gasteiger partial charge is 0.492 e. The lowest BCUT2D eigenvalue weighted by atomic mass is 9.96. The van der Waals surface area contributed by atoms with Gasteiger partial charge >= 0.3 is 0 Å². The maximum atomic E-state index is 5.78. The average molecular weight is 299 g/mol. The van der Waals surface area contributed by atoms with Gasteiger partial charge in [0.2, 0.25) is 0 Å². The van der Waals surface area contributed by atoms with Gasteiger partial charge in [0.05, 0.1) is 12.3 Å². The van der Waals surface area contributed by atoms with Gasteiger partial charge in [-0.15, -0.1) is 0 Å². The van der Waals surface area contributed by atoms with Crippen molar-refractivity contribution >= 4 is 5.82 Å². The van der Waals surface area contributed by atoms with E-state index in [1.54, 1.807) is 0 Å². The highest BCUT2D eigenvalue weighted by molar-refractivity contribution is 5.60. The number of ether oxygens (including phenoxy) is 1. The second-order valence-corrected chi connectivity index (χ2v) is 5.72. The first-order valence-electron chi connectivity index (χ1n) is 8.37. The Labute approximate surface area is 132 Å². The molecule has 1 N–H and O–H groups in total. The lowest BCUT2D eigenvalue weighted by molar-refractivity contribution is 0.338. The first-order valence-corrected chi connectivity index (χ1v) is 8.37. The molecule has 1 aromatic carbocycles. The van der Waals surface area contributed by atoms with Crippen molar-refractivity contribution in [3.63, 3.8) is 0 Å². The van der Waals surface area contributed by atoms with Gasteiger partial charge in [-0.05, 0) is 38.3 Å². The lowest BCUT2D eigenvalue weighted by Crippen LogP contribution is -2.08. The molecule has 0 fully saturated rings. The van der Waals surface area contributed by atoms with Crippen molar-refractivity contribution in [1.29, 1.82) is 0 Å². The molecular formula is C18H25N3O. The molecule has 0 aliphatic carbocycles. The van der Waals surface area contributed by atoms with E-state index in [0.717, 1.165) is 43.1 Å². The van der Waals surface area contributed by atoms with Crippen molar-refractivity contribution in [2.45, 2.75) is 46.0 Å². The normalized spacial score (nSPS) is 13.3. The summed E-state index contributed by atoms with van der Waals surface area (Å²) < 4.78 is 7.83. The van der Waals surface area contributed by atoms with E-state index in [1.807, 2.05) is 29.8 Å². The number of hydrogen-bond donors (Lipinski definition) is 1. The Balaban J connectivity index is 2.11. The number of para-hydroxylation sites is 2. The van der Waals surface area contributed by atoms with Crippen LogP contribution in [0.3, 0.4) is 0 Å². The average Bonchev–Trinajstić information content (AvgIpc) is 3.13. The fourth-order valence-corrected chi connectivity index (χ4v) is 3.29. The molecule has 0 amide bonds. The van der Waals surface area contributed by atoms with Crippen molar-refractivity contribution in [3.8, 4) is 11.4 Å². The first-order chi connectivity index (χ1) is 10.8. The minimum absolute atomic E-state index is 0.536. The van der Waals surface area contributed by atoms with Gasteiger partial charge in [-0.25, -0.2) is 4.68 Å². The molecule has 1 aliphatic heterocycles. The zero-order valence-corrected chi connectivity index (χ0v) is 13.7. The molecule has 0 saturated heterocycles. The number of benzene rings is 1. The van der Waals surface area contributed by atoms with E-state index in [0.29, 0.717) is 12.5 Å². The van der Waals surface area contributed by atoms with E-state index >= 15 is 0 Å². The zero-order chi connectivity index (χ0) is 15.5. The summed E-state index contributed by atoms with van der Waals surface area (Å²) in [5, 5.41) is 8.47. The van der Waals surface area contributed by atoms with Crippen LogP contribution in [0.25, 0.3) is 5.69 Å². The maximum absolute atomic E-state index is 5.78. The number of nitrogens with one attached hydrogen (secondary N) is 1. The number of hydrogen-bond acceptors (Lipinski definition) is 3. The predicted octanol–water partition coefficient (Wildman–Crippen LogP) is 4.14. The highest BCUT2D eigenvalue weighted by Gasteiger charge is 2.27. The number of nitrogens with zero attached hydrogens (tertiary/aromatic N) is 2. The van der Waals surface area contributed by atoms with Crippen molar-refractivity contribution in [2.24, 2.45) is 0 Å². The molecule has 2 aromatic rings. The number of fused-ring (bicyclic) bond motifs is 1. The minimum atomic E-state index is 0.536. The molecule has 22 heavy (non-hydrogen) atoms. The quantitative estimate of drug-likeness (QED) is 0.871. The highest BCUT2D eigenvalue weighted by atomic mass is 16.5. The van der Waals surface area contributed by atoms with Gasteiger partial charge in [0.15, 0.2) is 0 Å². The molecule has 2 heterocycles. The van der Waals surface area contributed by atoms with Crippen LogP contribution in [0.4, 0.5) is 5.82 Å². The topological polar surface area (TPSA) is 39.1 Å². The molecule has 0 saturated carbocycles. The second-order valence-electron chi connectivity index (χ2n) is 5.72. The molecule has 3 rings (SSSR count). The number of anilines is 1. The smallest absolute Gasteiger partial charge is 0.145 e. The molecule has 4 heteroatoms. The summed E-state index contributed by atoms with van der Waals surface area (Å²) >= 11 is 0. The van der Waals surface area contributed by atoms with Gasteiger partial charge in [0.1, 0.15) is 17.3 Å². The summed E-state index contributed by atoms with van der Waals surface area (Å²) in [6.45, 7) is 8.16. The van der Waals surface area contributed by atoms with E-state index in [-0.39, 0.29) is 0 Å². The maximum Gasteiger partial charge on any atom is 0.145 e. The standard InChI is InChI=1S/C18H25N3O/c1-4-13(5-2)17-14-11-12-19-18(14)21(20-17)15-9-7-8-10-16(15)22-6-3/h7-10,13,19H,4-6,11-12H2,1-3H3. The molecule has 1 aromatic heterocycles. The summed E-state index contributed by atoms with van der Waals surface area (Å²) in [6, 6.07) is 8.14. The van der Waals surface area contributed by atoms with E-state index in [9.17, 15) is 0 Å². The third-order valence-corrected chi connectivity index (χ3v) is 4.45. The second kappa shape index (κ2) is 6.42. The van der Waals surface area contributed by atoms with Crippen molar-refractivity contribution < 1.29 is 4.74 Å². The summed E-state index contributed by atoms with van der Waals surface area (Å²) in [6.07, 6.45) is 3.33. The van der Waals surface area contributed by atoms with Crippen LogP contribution in [0.15, 0.2) is 24.3 Å². The van der Waals surface area contributed by atoms with E-state index in [4.69, 9.17) is 9.84 Å². The molecule has 0 bridgehead atoms. The van der Waals surface area contributed by atoms with Crippen LogP contribution < -0.4 is 10.1 Å². The molecule has 0 unspecified atom stereocenters. The van der Waals surface area contributed by atoms with Crippen molar-refractivity contribution in [1.82, 2.24) is 9.78 Å². The monoisotopic (exact) mass is 299 g/mol. The van der Waals surface area contributed by atoms with Gasteiger partial charge in [0.25, 0.3) is 0 Å². The predicted molar refractivity (Wildman–Crippen MR) is 90.2 cm³/mol. The Morgan fingerprint density at radius 1 is 1.23 bits per heavy atom. The molecule has 118 valence electrons. The van der Waals surface area contributed by atoms with Gasteiger partial charge in [0, 0.05) is 18.0 Å². The van der Waals surface area contributed by atoms with Crippen molar-refractivity contribution in [2.75, 3.05) is 18.5 Å². The third-order valence-electron chi connectivity index (χ3n) is 4.45. The molecule has 0 spiro atoms. The SMILES string of the molecule is CCOc1ccccc1-n1nc(C(CC)CC)c2c1NCC2. The summed E-state index contributed by atoms with van der Waals surface area (Å²) in [5.41, 5.74) is 3.67. The number of aromatic nitrogens is 2. The fourth-order valence-electron chi connectivity index (χ4n) is 3.29. The summed E-state index contributed by atoms with van der Waals surface area (Å²) in [7, 11) is 0. The molecule has 1 aliphatic rings. The van der Waals surface area contributed by atoms with Crippen LogP contribution in [-0.2, 0) is 6.42 Å². The van der Waals surface area contributed by atoms with Crippen LogP contribution in [0.2, 0.25) is 0 Å². The van der Waals surface area contributed by atoms with E-state index in [2.05, 4.69) is 25.2 Å². The Bertz CT molecular complexity index is 644. The number of rotatable bonds is 6. The molecule has 4 nitrogen and oxygen atoms in total. The molecule has 0 radical (unpaired) electrons.